The molecule has 16 heavy (non-hydrogen) atoms. The van der Waals surface area contributed by atoms with Gasteiger partial charge in [-0.1, -0.05) is 44.4 Å². The van der Waals surface area contributed by atoms with Crippen LogP contribution in [0.5, 0.6) is 0 Å². The van der Waals surface area contributed by atoms with Crippen molar-refractivity contribution < 1.29 is 9.50 Å². The number of aliphatic hydroxyl groups is 1. The zero-order valence-corrected chi connectivity index (χ0v) is 10.3. The number of halogens is 1. The van der Waals surface area contributed by atoms with E-state index in [1.54, 1.807) is 12.1 Å². The van der Waals surface area contributed by atoms with E-state index in [0.717, 1.165) is 18.4 Å². The molecule has 0 amide bonds. The third-order valence-electron chi connectivity index (χ3n) is 2.92. The van der Waals surface area contributed by atoms with E-state index in [2.05, 4.69) is 13.8 Å². The molecule has 1 nitrogen and oxygen atoms in total. The second kappa shape index (κ2) is 6.00. The predicted octanol–water partition coefficient (Wildman–Crippen LogP) is 3.99. The van der Waals surface area contributed by atoms with Crippen LogP contribution in [-0.4, -0.2) is 5.11 Å². The van der Waals surface area contributed by atoms with Crippen molar-refractivity contribution in [1.82, 2.24) is 0 Å². The van der Waals surface area contributed by atoms with Crippen LogP contribution in [-0.2, 0) is 0 Å². The number of hydrogen-bond donors (Lipinski definition) is 1. The fourth-order valence-corrected chi connectivity index (χ4v) is 2.04. The van der Waals surface area contributed by atoms with Crippen LogP contribution < -0.4 is 0 Å². The molecule has 0 saturated heterocycles. The van der Waals surface area contributed by atoms with Gasteiger partial charge in [0.05, 0.1) is 6.10 Å². The lowest BCUT2D eigenvalue weighted by Gasteiger charge is -2.17. The lowest BCUT2D eigenvalue weighted by atomic mass is 9.94. The molecule has 0 saturated carbocycles. The fourth-order valence-electron chi connectivity index (χ4n) is 2.04. The monoisotopic (exact) mass is 224 g/mol. The Kier molecular flexibility index (Phi) is 4.94. The molecule has 1 rings (SSSR count). The average molecular weight is 224 g/mol. The summed E-state index contributed by atoms with van der Waals surface area (Å²) in [5, 5.41) is 9.98. The molecule has 0 bridgehead atoms. The largest absolute Gasteiger partial charge is 0.388 e. The van der Waals surface area contributed by atoms with Crippen LogP contribution in [0, 0.1) is 18.7 Å². The van der Waals surface area contributed by atoms with E-state index in [1.807, 2.05) is 6.92 Å². The third-order valence-corrected chi connectivity index (χ3v) is 2.92. The van der Waals surface area contributed by atoms with Gasteiger partial charge in [0.2, 0.25) is 0 Å². The maximum Gasteiger partial charge on any atom is 0.129 e. The molecule has 2 atom stereocenters. The zero-order chi connectivity index (χ0) is 12.1. The molecule has 0 aliphatic heterocycles. The van der Waals surface area contributed by atoms with Gasteiger partial charge in [0.15, 0.2) is 0 Å². The van der Waals surface area contributed by atoms with Crippen LogP contribution >= 0.6 is 0 Å². The smallest absolute Gasteiger partial charge is 0.129 e. The van der Waals surface area contributed by atoms with Gasteiger partial charge in [-0.25, -0.2) is 4.39 Å². The molecule has 2 unspecified atom stereocenters. The van der Waals surface area contributed by atoms with Crippen LogP contribution in [0.25, 0.3) is 0 Å². The third kappa shape index (κ3) is 3.60. The molecule has 0 radical (unpaired) electrons. The minimum absolute atomic E-state index is 0.304. The molecule has 0 heterocycles. The summed E-state index contributed by atoms with van der Waals surface area (Å²) < 4.78 is 13.5. The highest BCUT2D eigenvalue weighted by Crippen LogP contribution is 2.26. The standard InChI is InChI=1S/C14H21FO/c1-4-5-10(2)9-14(16)12-8-11(3)6-7-13(12)15/h6-8,10,14,16H,4-5,9H2,1-3H3. The second-order valence-corrected chi connectivity index (χ2v) is 4.67. The van der Waals surface area contributed by atoms with Gasteiger partial charge in [0.25, 0.3) is 0 Å². The van der Waals surface area contributed by atoms with E-state index in [9.17, 15) is 9.50 Å². The van der Waals surface area contributed by atoms with Crippen molar-refractivity contribution in [2.24, 2.45) is 5.92 Å². The normalized spacial score (nSPS) is 14.8. The maximum atomic E-state index is 13.5. The first-order valence-corrected chi connectivity index (χ1v) is 5.98. The first kappa shape index (κ1) is 13.2. The summed E-state index contributed by atoms with van der Waals surface area (Å²) >= 11 is 0. The van der Waals surface area contributed by atoms with E-state index >= 15 is 0 Å². The number of benzene rings is 1. The van der Waals surface area contributed by atoms with Gasteiger partial charge in [0.1, 0.15) is 5.82 Å². The molecule has 0 aliphatic carbocycles. The topological polar surface area (TPSA) is 20.2 Å². The van der Waals surface area contributed by atoms with Crippen LogP contribution in [0.2, 0.25) is 0 Å². The van der Waals surface area contributed by atoms with Crippen molar-refractivity contribution in [1.29, 1.82) is 0 Å². The van der Waals surface area contributed by atoms with Crippen molar-refractivity contribution in [3.05, 3.63) is 35.1 Å². The van der Waals surface area contributed by atoms with E-state index < -0.39 is 6.10 Å². The predicted molar refractivity (Wildman–Crippen MR) is 64.8 cm³/mol. The van der Waals surface area contributed by atoms with Gasteiger partial charge in [-0.05, 0) is 25.3 Å². The van der Waals surface area contributed by atoms with E-state index in [1.165, 1.54) is 6.07 Å². The highest BCUT2D eigenvalue weighted by molar-refractivity contribution is 5.25. The van der Waals surface area contributed by atoms with Crippen molar-refractivity contribution in [2.45, 2.75) is 46.1 Å². The first-order chi connectivity index (χ1) is 7.54. The summed E-state index contributed by atoms with van der Waals surface area (Å²) in [7, 11) is 0. The van der Waals surface area contributed by atoms with E-state index in [0.29, 0.717) is 17.9 Å². The Hall–Kier alpha value is -0.890. The Balaban J connectivity index is 2.72. The number of rotatable bonds is 5. The molecule has 1 aromatic carbocycles. The van der Waals surface area contributed by atoms with Crippen LogP contribution in [0.1, 0.15) is 50.3 Å². The summed E-state index contributed by atoms with van der Waals surface area (Å²) in [6, 6.07) is 4.89. The van der Waals surface area contributed by atoms with Gasteiger partial charge in [-0.3, -0.25) is 0 Å². The summed E-state index contributed by atoms with van der Waals surface area (Å²) in [4.78, 5) is 0. The summed E-state index contributed by atoms with van der Waals surface area (Å²) in [5.41, 5.74) is 1.42. The molecular weight excluding hydrogens is 203 g/mol. The minimum atomic E-state index is -0.679. The van der Waals surface area contributed by atoms with Gasteiger partial charge in [-0.2, -0.15) is 0 Å². The van der Waals surface area contributed by atoms with E-state index in [4.69, 9.17) is 0 Å². The molecule has 0 aromatic heterocycles. The van der Waals surface area contributed by atoms with Gasteiger partial charge >= 0.3 is 0 Å². The molecule has 0 spiro atoms. The number of aryl methyl sites for hydroxylation is 1. The minimum Gasteiger partial charge on any atom is -0.388 e. The molecule has 90 valence electrons. The van der Waals surface area contributed by atoms with Crippen LogP contribution in [0.15, 0.2) is 18.2 Å². The lowest BCUT2D eigenvalue weighted by Crippen LogP contribution is -2.06. The summed E-state index contributed by atoms with van der Waals surface area (Å²) in [6.45, 7) is 6.13. The maximum absolute atomic E-state index is 13.5. The van der Waals surface area contributed by atoms with Crippen molar-refractivity contribution in [2.75, 3.05) is 0 Å². The van der Waals surface area contributed by atoms with Gasteiger partial charge in [-0.15, -0.1) is 0 Å². The van der Waals surface area contributed by atoms with Crippen LogP contribution in [0.3, 0.4) is 0 Å². The first-order valence-electron chi connectivity index (χ1n) is 5.98. The van der Waals surface area contributed by atoms with Crippen molar-refractivity contribution in [3.63, 3.8) is 0 Å². The van der Waals surface area contributed by atoms with Crippen LogP contribution in [0.4, 0.5) is 4.39 Å². The molecule has 1 aromatic rings. The molecule has 1 N–H and O–H groups in total. The second-order valence-electron chi connectivity index (χ2n) is 4.67. The zero-order valence-electron chi connectivity index (χ0n) is 10.3. The summed E-state index contributed by atoms with van der Waals surface area (Å²) in [5.74, 6) is 0.127. The molecule has 0 aliphatic rings. The van der Waals surface area contributed by atoms with Crippen molar-refractivity contribution >= 4 is 0 Å². The Morgan fingerprint density at radius 2 is 2.06 bits per heavy atom. The average Bonchev–Trinajstić information content (AvgIpc) is 2.21. The lowest BCUT2D eigenvalue weighted by molar-refractivity contribution is 0.141. The van der Waals surface area contributed by atoms with Gasteiger partial charge in [0, 0.05) is 5.56 Å². The Bertz CT molecular complexity index is 336. The quantitative estimate of drug-likeness (QED) is 0.801. The molecule has 0 fully saturated rings. The summed E-state index contributed by atoms with van der Waals surface area (Å²) in [6.07, 6.45) is 2.13. The SMILES string of the molecule is CCCC(C)CC(O)c1cc(C)ccc1F. The van der Waals surface area contributed by atoms with E-state index in [-0.39, 0.29) is 5.82 Å². The Morgan fingerprint density at radius 3 is 2.69 bits per heavy atom. The molecular formula is C14H21FO. The number of aliphatic hydroxyl groups excluding tert-OH is 1. The Labute approximate surface area is 97.3 Å². The molecule has 2 heteroatoms. The highest BCUT2D eigenvalue weighted by Gasteiger charge is 2.15. The van der Waals surface area contributed by atoms with Gasteiger partial charge < -0.3 is 5.11 Å². The Morgan fingerprint density at radius 1 is 1.38 bits per heavy atom. The fraction of sp³-hybridized carbons (Fsp3) is 0.571. The number of hydrogen-bond acceptors (Lipinski definition) is 1. The highest BCUT2D eigenvalue weighted by atomic mass is 19.1. The van der Waals surface area contributed by atoms with Crippen molar-refractivity contribution in [3.8, 4) is 0 Å².